The molecule has 0 fully saturated rings. The largest absolute Gasteiger partial charge is 0.340 e. The fourth-order valence-electron chi connectivity index (χ4n) is 2.52. The standard InChI is InChI=1S/C17H21N5O/c1-3-21(12-17-19-14(2)23-20-17)11-16-9-18-13-22(16)10-15-7-5-4-6-8-15/h4-9,13H,3,10-12H2,1-2H3. The molecule has 0 amide bonds. The molecule has 120 valence electrons. The van der Waals surface area contributed by atoms with Gasteiger partial charge in [-0.15, -0.1) is 0 Å². The molecule has 1 aromatic carbocycles. The van der Waals surface area contributed by atoms with Crippen molar-refractivity contribution in [2.75, 3.05) is 6.54 Å². The molecule has 6 nitrogen and oxygen atoms in total. The van der Waals surface area contributed by atoms with Gasteiger partial charge in [0, 0.05) is 26.2 Å². The van der Waals surface area contributed by atoms with Crippen LogP contribution in [0.3, 0.4) is 0 Å². The summed E-state index contributed by atoms with van der Waals surface area (Å²) in [6, 6.07) is 10.4. The van der Waals surface area contributed by atoms with Gasteiger partial charge in [0.25, 0.3) is 0 Å². The molecule has 2 aromatic heterocycles. The van der Waals surface area contributed by atoms with Crippen LogP contribution in [0.25, 0.3) is 0 Å². The maximum Gasteiger partial charge on any atom is 0.223 e. The van der Waals surface area contributed by atoms with Crippen LogP contribution in [0, 0.1) is 6.92 Å². The average Bonchev–Trinajstić information content (AvgIpc) is 3.17. The Morgan fingerprint density at radius 2 is 2.00 bits per heavy atom. The first-order valence-corrected chi connectivity index (χ1v) is 7.79. The van der Waals surface area contributed by atoms with Gasteiger partial charge in [-0.1, -0.05) is 42.4 Å². The van der Waals surface area contributed by atoms with E-state index in [4.69, 9.17) is 4.52 Å². The fraction of sp³-hybridized carbons (Fsp3) is 0.353. The molecule has 0 unspecified atom stereocenters. The maximum atomic E-state index is 5.04. The molecule has 0 radical (unpaired) electrons. The Bertz CT molecular complexity index is 734. The molecule has 0 bridgehead atoms. The van der Waals surface area contributed by atoms with Gasteiger partial charge in [0.15, 0.2) is 5.82 Å². The SMILES string of the molecule is CCN(Cc1noc(C)n1)Cc1cncn1Cc1ccccc1. The lowest BCUT2D eigenvalue weighted by Crippen LogP contribution is -2.24. The molecular weight excluding hydrogens is 290 g/mol. The van der Waals surface area contributed by atoms with E-state index in [-0.39, 0.29) is 0 Å². The third kappa shape index (κ3) is 4.04. The zero-order valence-electron chi connectivity index (χ0n) is 13.5. The third-order valence-corrected chi connectivity index (χ3v) is 3.76. The van der Waals surface area contributed by atoms with E-state index >= 15 is 0 Å². The Labute approximate surface area is 135 Å². The third-order valence-electron chi connectivity index (χ3n) is 3.76. The van der Waals surface area contributed by atoms with Gasteiger partial charge >= 0.3 is 0 Å². The molecular formula is C17H21N5O. The molecule has 2 heterocycles. The van der Waals surface area contributed by atoms with Crippen molar-refractivity contribution < 1.29 is 4.52 Å². The zero-order valence-corrected chi connectivity index (χ0v) is 13.5. The topological polar surface area (TPSA) is 60.0 Å². The van der Waals surface area contributed by atoms with E-state index < -0.39 is 0 Å². The predicted molar refractivity (Wildman–Crippen MR) is 86.6 cm³/mol. The first-order chi connectivity index (χ1) is 11.2. The lowest BCUT2D eigenvalue weighted by Gasteiger charge is -2.19. The van der Waals surface area contributed by atoms with Gasteiger partial charge in [0.05, 0.1) is 18.6 Å². The van der Waals surface area contributed by atoms with Crippen molar-refractivity contribution >= 4 is 0 Å². The number of aromatic nitrogens is 4. The van der Waals surface area contributed by atoms with Gasteiger partial charge in [-0.25, -0.2) is 4.98 Å². The molecule has 3 rings (SSSR count). The van der Waals surface area contributed by atoms with Gasteiger partial charge in [-0.05, 0) is 12.1 Å². The summed E-state index contributed by atoms with van der Waals surface area (Å²) in [6.07, 6.45) is 3.81. The van der Waals surface area contributed by atoms with Crippen molar-refractivity contribution in [3.63, 3.8) is 0 Å². The van der Waals surface area contributed by atoms with Gasteiger partial charge in [-0.3, -0.25) is 4.90 Å². The van der Waals surface area contributed by atoms with Crippen LogP contribution >= 0.6 is 0 Å². The number of benzene rings is 1. The highest BCUT2D eigenvalue weighted by Gasteiger charge is 2.12. The minimum absolute atomic E-state index is 0.602. The van der Waals surface area contributed by atoms with Crippen LogP contribution in [-0.4, -0.2) is 31.1 Å². The van der Waals surface area contributed by atoms with E-state index in [1.807, 2.05) is 25.5 Å². The lowest BCUT2D eigenvalue weighted by molar-refractivity contribution is 0.253. The summed E-state index contributed by atoms with van der Waals surface area (Å²) in [6.45, 7) is 7.15. The normalized spacial score (nSPS) is 11.3. The van der Waals surface area contributed by atoms with E-state index in [9.17, 15) is 0 Å². The summed E-state index contributed by atoms with van der Waals surface area (Å²) in [5.74, 6) is 1.32. The predicted octanol–water partition coefficient (Wildman–Crippen LogP) is 2.64. The number of hydrogen-bond donors (Lipinski definition) is 0. The van der Waals surface area contributed by atoms with Gasteiger partial charge in [0.2, 0.25) is 5.89 Å². The molecule has 0 atom stereocenters. The Kier molecular flexibility index (Phi) is 4.83. The van der Waals surface area contributed by atoms with Crippen molar-refractivity contribution in [2.24, 2.45) is 0 Å². The maximum absolute atomic E-state index is 5.04. The second-order valence-corrected chi connectivity index (χ2v) is 5.53. The number of aryl methyl sites for hydroxylation is 1. The fourth-order valence-corrected chi connectivity index (χ4v) is 2.52. The molecule has 0 saturated carbocycles. The molecule has 0 saturated heterocycles. The quantitative estimate of drug-likeness (QED) is 0.671. The highest BCUT2D eigenvalue weighted by molar-refractivity contribution is 5.16. The Morgan fingerprint density at radius 1 is 1.17 bits per heavy atom. The second kappa shape index (κ2) is 7.19. The van der Waals surface area contributed by atoms with Gasteiger partial charge in [0.1, 0.15) is 0 Å². The number of rotatable bonds is 7. The molecule has 23 heavy (non-hydrogen) atoms. The minimum atomic E-state index is 0.602. The highest BCUT2D eigenvalue weighted by atomic mass is 16.5. The van der Waals surface area contributed by atoms with Crippen molar-refractivity contribution in [2.45, 2.75) is 33.5 Å². The van der Waals surface area contributed by atoms with E-state index in [1.54, 1.807) is 0 Å². The van der Waals surface area contributed by atoms with E-state index in [2.05, 4.69) is 55.8 Å². The van der Waals surface area contributed by atoms with Crippen LogP contribution in [-0.2, 0) is 19.6 Å². The molecule has 0 aliphatic rings. The summed E-state index contributed by atoms with van der Waals surface area (Å²) in [5, 5.41) is 3.97. The van der Waals surface area contributed by atoms with Crippen LogP contribution in [0.15, 0.2) is 47.4 Å². The number of hydrogen-bond acceptors (Lipinski definition) is 5. The van der Waals surface area contributed by atoms with Crippen LogP contribution in [0.5, 0.6) is 0 Å². The van der Waals surface area contributed by atoms with E-state index in [0.29, 0.717) is 12.4 Å². The van der Waals surface area contributed by atoms with E-state index in [0.717, 1.165) is 25.5 Å². The van der Waals surface area contributed by atoms with Crippen LogP contribution in [0.4, 0.5) is 0 Å². The molecule has 0 aliphatic heterocycles. The summed E-state index contributed by atoms with van der Waals surface area (Å²) >= 11 is 0. The zero-order chi connectivity index (χ0) is 16.1. The molecule has 0 spiro atoms. The first kappa shape index (κ1) is 15.4. The van der Waals surface area contributed by atoms with Crippen molar-refractivity contribution in [1.29, 1.82) is 0 Å². The smallest absolute Gasteiger partial charge is 0.223 e. The molecule has 3 aromatic rings. The van der Waals surface area contributed by atoms with Gasteiger partial charge < -0.3 is 9.09 Å². The second-order valence-electron chi connectivity index (χ2n) is 5.53. The number of imidazole rings is 1. The summed E-state index contributed by atoms with van der Waals surface area (Å²) in [7, 11) is 0. The Hall–Kier alpha value is -2.47. The Morgan fingerprint density at radius 3 is 2.70 bits per heavy atom. The Balaban J connectivity index is 1.68. The van der Waals surface area contributed by atoms with E-state index in [1.165, 1.54) is 11.3 Å². The monoisotopic (exact) mass is 311 g/mol. The summed E-state index contributed by atoms with van der Waals surface area (Å²) in [4.78, 5) is 10.8. The highest BCUT2D eigenvalue weighted by Crippen LogP contribution is 2.10. The van der Waals surface area contributed by atoms with Crippen LogP contribution < -0.4 is 0 Å². The lowest BCUT2D eigenvalue weighted by atomic mass is 10.2. The van der Waals surface area contributed by atoms with Crippen LogP contribution in [0.1, 0.15) is 29.9 Å². The van der Waals surface area contributed by atoms with Gasteiger partial charge in [-0.2, -0.15) is 4.98 Å². The minimum Gasteiger partial charge on any atom is -0.340 e. The number of nitrogens with zero attached hydrogens (tertiary/aromatic N) is 5. The first-order valence-electron chi connectivity index (χ1n) is 7.79. The van der Waals surface area contributed by atoms with Crippen molar-refractivity contribution in [3.05, 3.63) is 65.8 Å². The van der Waals surface area contributed by atoms with Crippen molar-refractivity contribution in [1.82, 2.24) is 24.6 Å². The van der Waals surface area contributed by atoms with Crippen molar-refractivity contribution in [3.8, 4) is 0 Å². The average molecular weight is 311 g/mol. The molecule has 0 N–H and O–H groups in total. The summed E-state index contributed by atoms with van der Waals surface area (Å²) < 4.78 is 7.22. The molecule has 0 aliphatic carbocycles. The van der Waals surface area contributed by atoms with Crippen LogP contribution in [0.2, 0.25) is 0 Å². The summed E-state index contributed by atoms with van der Waals surface area (Å²) in [5.41, 5.74) is 2.44. The molecule has 6 heteroatoms.